The highest BCUT2D eigenvalue weighted by Crippen LogP contribution is 2.37. The lowest BCUT2D eigenvalue weighted by atomic mass is 9.90. The van der Waals surface area contributed by atoms with Crippen molar-refractivity contribution in [1.29, 1.82) is 5.26 Å². The molecule has 2 atom stereocenters. The quantitative estimate of drug-likeness (QED) is 0.433. The Morgan fingerprint density at radius 3 is 2.15 bits per heavy atom. The van der Waals surface area contributed by atoms with Crippen LogP contribution in [0.1, 0.15) is 23.6 Å². The standard InChI is InChI=1S/C16H12F6N2OS/c1-8-13(24-2-3-25-8)12(7-23)14(26)9-4-10(15(17,18)19)6-11(5-9)16(20,21)22/h4-6,8,12H,2-3H2,1H3. The van der Waals surface area contributed by atoms with E-state index in [9.17, 15) is 31.6 Å². The smallest absolute Gasteiger partial charge is 0.371 e. The van der Waals surface area contributed by atoms with E-state index in [1.54, 1.807) is 13.0 Å². The van der Waals surface area contributed by atoms with E-state index in [1.807, 2.05) is 0 Å². The summed E-state index contributed by atoms with van der Waals surface area (Å²) in [4.78, 5) is 3.75. The summed E-state index contributed by atoms with van der Waals surface area (Å²) in [6, 6.07) is 2.84. The minimum absolute atomic E-state index is 0.0113. The van der Waals surface area contributed by atoms with Crippen molar-refractivity contribution in [2.75, 3.05) is 13.2 Å². The van der Waals surface area contributed by atoms with Gasteiger partial charge in [-0.25, -0.2) is 0 Å². The molecule has 0 amide bonds. The predicted molar refractivity (Wildman–Crippen MR) is 85.0 cm³/mol. The fourth-order valence-electron chi connectivity index (χ4n) is 2.47. The fourth-order valence-corrected chi connectivity index (χ4v) is 2.76. The van der Waals surface area contributed by atoms with Crippen molar-refractivity contribution < 1.29 is 31.1 Å². The summed E-state index contributed by atoms with van der Waals surface area (Å²) < 4.78 is 83.2. The van der Waals surface area contributed by atoms with Crippen LogP contribution in [0.3, 0.4) is 0 Å². The van der Waals surface area contributed by atoms with Crippen molar-refractivity contribution in [3.63, 3.8) is 0 Å². The van der Waals surface area contributed by atoms with Crippen LogP contribution in [0, 0.1) is 17.2 Å². The van der Waals surface area contributed by atoms with Gasteiger partial charge in [-0.1, -0.05) is 12.2 Å². The number of nitriles is 1. The van der Waals surface area contributed by atoms with E-state index in [0.29, 0.717) is 18.7 Å². The van der Waals surface area contributed by atoms with Crippen LogP contribution in [-0.4, -0.2) is 29.8 Å². The number of thiocarbonyl (C=S) groups is 1. The van der Waals surface area contributed by atoms with Gasteiger partial charge in [0, 0.05) is 4.86 Å². The van der Waals surface area contributed by atoms with E-state index >= 15 is 0 Å². The maximum Gasteiger partial charge on any atom is 0.416 e. The molecule has 1 aromatic rings. The Morgan fingerprint density at radius 1 is 1.19 bits per heavy atom. The molecule has 26 heavy (non-hydrogen) atoms. The zero-order valence-electron chi connectivity index (χ0n) is 13.3. The molecule has 1 aromatic carbocycles. The summed E-state index contributed by atoms with van der Waals surface area (Å²) in [6.45, 7) is 2.12. The molecule has 3 nitrogen and oxygen atoms in total. The number of rotatable bonds is 3. The molecular formula is C16H12F6N2OS. The number of aliphatic imine (C=N–C) groups is 1. The average molecular weight is 394 g/mol. The van der Waals surface area contributed by atoms with Crippen LogP contribution in [0.2, 0.25) is 0 Å². The lowest BCUT2D eigenvalue weighted by Gasteiger charge is -2.24. The molecular weight excluding hydrogens is 382 g/mol. The van der Waals surface area contributed by atoms with Gasteiger partial charge in [-0.15, -0.1) is 0 Å². The number of ether oxygens (including phenoxy) is 1. The van der Waals surface area contributed by atoms with Crippen molar-refractivity contribution in [2.24, 2.45) is 10.9 Å². The van der Waals surface area contributed by atoms with Crippen LogP contribution < -0.4 is 0 Å². The fraction of sp³-hybridized carbons (Fsp3) is 0.438. The number of hydrogen-bond acceptors (Lipinski definition) is 4. The van der Waals surface area contributed by atoms with Crippen LogP contribution in [0.4, 0.5) is 26.3 Å². The van der Waals surface area contributed by atoms with Crippen molar-refractivity contribution in [1.82, 2.24) is 0 Å². The van der Waals surface area contributed by atoms with Crippen molar-refractivity contribution in [2.45, 2.75) is 25.4 Å². The number of halogens is 6. The van der Waals surface area contributed by atoms with Crippen molar-refractivity contribution in [3.8, 4) is 6.07 Å². The van der Waals surface area contributed by atoms with Crippen LogP contribution >= 0.6 is 12.2 Å². The highest BCUT2D eigenvalue weighted by atomic mass is 32.1. The van der Waals surface area contributed by atoms with Gasteiger partial charge in [0.25, 0.3) is 0 Å². The molecule has 0 saturated heterocycles. The summed E-state index contributed by atoms with van der Waals surface area (Å²) >= 11 is 5.05. The molecule has 0 N–H and O–H groups in total. The second-order valence-corrected chi connectivity index (χ2v) is 5.98. The van der Waals surface area contributed by atoms with Crippen LogP contribution in [-0.2, 0) is 17.1 Å². The third-order valence-corrected chi connectivity index (χ3v) is 4.20. The van der Waals surface area contributed by atoms with Crippen molar-refractivity contribution in [3.05, 3.63) is 34.9 Å². The monoisotopic (exact) mass is 394 g/mol. The third kappa shape index (κ3) is 4.40. The molecule has 1 heterocycles. The zero-order chi connectivity index (χ0) is 19.7. The molecule has 0 bridgehead atoms. The van der Waals surface area contributed by atoms with Gasteiger partial charge in [-0.3, -0.25) is 4.99 Å². The van der Waals surface area contributed by atoms with Gasteiger partial charge in [0.15, 0.2) is 0 Å². The van der Waals surface area contributed by atoms with Gasteiger partial charge < -0.3 is 4.74 Å². The summed E-state index contributed by atoms with van der Waals surface area (Å²) in [7, 11) is 0. The van der Waals surface area contributed by atoms with Gasteiger partial charge in [-0.2, -0.15) is 31.6 Å². The first kappa shape index (κ1) is 20.3. The largest absolute Gasteiger partial charge is 0.416 e. The molecule has 0 fully saturated rings. The average Bonchev–Trinajstić information content (AvgIpc) is 2.55. The van der Waals surface area contributed by atoms with E-state index in [4.69, 9.17) is 17.0 Å². The van der Waals surface area contributed by atoms with E-state index in [-0.39, 0.29) is 23.2 Å². The number of benzene rings is 1. The molecule has 2 rings (SSSR count). The first-order chi connectivity index (χ1) is 11.9. The van der Waals surface area contributed by atoms with Gasteiger partial charge in [0.2, 0.25) is 0 Å². The van der Waals surface area contributed by atoms with E-state index in [2.05, 4.69) is 4.99 Å². The molecule has 140 valence electrons. The summed E-state index contributed by atoms with van der Waals surface area (Å²) in [5.74, 6) is -1.26. The Labute approximate surface area is 150 Å². The summed E-state index contributed by atoms with van der Waals surface area (Å²) in [5, 5.41) is 9.37. The van der Waals surface area contributed by atoms with Crippen LogP contribution in [0.15, 0.2) is 23.2 Å². The van der Waals surface area contributed by atoms with E-state index in [1.165, 1.54) is 0 Å². The molecule has 1 aliphatic rings. The number of alkyl halides is 6. The van der Waals surface area contributed by atoms with Crippen LogP contribution in [0.5, 0.6) is 0 Å². The maximum absolute atomic E-state index is 13.0. The maximum atomic E-state index is 13.0. The second kappa shape index (κ2) is 7.32. The Morgan fingerprint density at radius 2 is 1.73 bits per heavy atom. The molecule has 0 aliphatic carbocycles. The lowest BCUT2D eigenvalue weighted by molar-refractivity contribution is -0.143. The zero-order valence-corrected chi connectivity index (χ0v) is 14.1. The molecule has 0 radical (unpaired) electrons. The Balaban J connectivity index is 2.53. The Hall–Kier alpha value is -1.99. The van der Waals surface area contributed by atoms with Gasteiger partial charge in [0.1, 0.15) is 5.92 Å². The summed E-state index contributed by atoms with van der Waals surface area (Å²) in [6.07, 6.45) is -10.6. The molecule has 0 aromatic heterocycles. The van der Waals surface area contributed by atoms with Crippen LogP contribution in [0.25, 0.3) is 0 Å². The molecule has 0 spiro atoms. The second-order valence-electron chi connectivity index (χ2n) is 5.54. The Kier molecular flexibility index (Phi) is 5.73. The van der Waals surface area contributed by atoms with E-state index in [0.717, 1.165) is 0 Å². The SMILES string of the molecule is CC1OCCN=C1C(C#N)C(=S)c1cc(C(F)(F)F)cc(C(F)(F)F)c1. The molecule has 0 saturated carbocycles. The highest BCUT2D eigenvalue weighted by Gasteiger charge is 2.38. The first-order valence-electron chi connectivity index (χ1n) is 7.34. The minimum atomic E-state index is -4.99. The van der Waals surface area contributed by atoms with Gasteiger partial charge in [0.05, 0.1) is 42.2 Å². The highest BCUT2D eigenvalue weighted by molar-refractivity contribution is 7.81. The topological polar surface area (TPSA) is 45.4 Å². The van der Waals surface area contributed by atoms with Gasteiger partial charge in [-0.05, 0) is 30.7 Å². The first-order valence-corrected chi connectivity index (χ1v) is 7.75. The number of nitrogens with zero attached hydrogens (tertiary/aromatic N) is 2. The minimum Gasteiger partial charge on any atom is -0.371 e. The Bertz CT molecular complexity index is 746. The lowest BCUT2D eigenvalue weighted by Crippen LogP contribution is -2.36. The predicted octanol–water partition coefficient (Wildman–Crippen LogP) is 4.44. The third-order valence-electron chi connectivity index (χ3n) is 3.73. The van der Waals surface area contributed by atoms with Crippen molar-refractivity contribution >= 4 is 22.8 Å². The normalized spacial score (nSPS) is 19.5. The van der Waals surface area contributed by atoms with E-state index < -0.39 is 41.1 Å². The van der Waals surface area contributed by atoms with Gasteiger partial charge >= 0.3 is 12.4 Å². The molecule has 10 heteroatoms. The molecule has 1 aliphatic heterocycles. The number of hydrogen-bond donors (Lipinski definition) is 0. The molecule has 2 unspecified atom stereocenters. The summed E-state index contributed by atoms with van der Waals surface area (Å²) in [5.41, 5.74) is -3.28.